The van der Waals surface area contributed by atoms with Gasteiger partial charge in [0.2, 0.25) is 0 Å². The van der Waals surface area contributed by atoms with Gasteiger partial charge in [-0.2, -0.15) is 0 Å². The van der Waals surface area contributed by atoms with Crippen molar-refractivity contribution < 1.29 is 76.9 Å². The molecule has 16 nitrogen and oxygen atoms in total. The largest absolute Gasteiger partial charge is 0.472 e. The predicted octanol–water partition coefficient (Wildman–Crippen LogP) is 2.01. The van der Waals surface area contributed by atoms with E-state index in [4.69, 9.17) is 34.7 Å². The Kier molecular flexibility index (Phi) is 25.8. The molecule has 0 heterocycles. The first kappa shape index (κ1) is 50.4. The fraction of sp³-hybridized carbons (Fsp3) is 0.632. The summed E-state index contributed by atoms with van der Waals surface area (Å²) in [5, 5.41) is 40.9. The first-order valence-corrected chi connectivity index (χ1v) is 21.1. The lowest BCUT2D eigenvalue weighted by Gasteiger charge is -2.43. The Morgan fingerprint density at radius 1 is 0.625 bits per heavy atom. The third kappa shape index (κ3) is 23.4. The van der Waals surface area contributed by atoms with Crippen LogP contribution < -0.4 is 0 Å². The zero-order valence-electron chi connectivity index (χ0n) is 31.1. The van der Waals surface area contributed by atoms with Gasteiger partial charge >= 0.3 is 27.6 Å². The molecule has 0 spiro atoms. The zero-order valence-corrected chi connectivity index (χ0v) is 32.9. The number of rotatable bonds is 24. The van der Waals surface area contributed by atoms with Gasteiger partial charge in [-0.3, -0.25) is 18.4 Å². The molecule has 0 aliphatic heterocycles. The molecule has 308 valence electrons. The smallest absolute Gasteiger partial charge is 0.456 e. The number of hydrogen-bond donors (Lipinski definition) is 7. The van der Waals surface area contributed by atoms with E-state index in [2.05, 4.69) is 70.7 Å². The minimum Gasteiger partial charge on any atom is -0.456 e. The normalized spacial score (nSPS) is 21.5. The van der Waals surface area contributed by atoms with Gasteiger partial charge in [0.15, 0.2) is 6.10 Å². The summed E-state index contributed by atoms with van der Waals surface area (Å²) < 4.78 is 48.4. The van der Waals surface area contributed by atoms with Gasteiger partial charge in [-0.25, -0.2) is 13.9 Å². The van der Waals surface area contributed by atoms with Gasteiger partial charge in [0, 0.05) is 12.3 Å². The molecule has 4 unspecified atom stereocenters. The number of terminal acetylenes is 1. The van der Waals surface area contributed by atoms with Crippen molar-refractivity contribution in [3.63, 3.8) is 0 Å². The highest BCUT2D eigenvalue weighted by molar-refractivity contribution is 7.47. The lowest BCUT2D eigenvalue weighted by atomic mass is 9.85. The average molecular weight is 825 g/mol. The Balaban J connectivity index is 2.82. The van der Waals surface area contributed by atoms with Crippen LogP contribution in [0, 0.1) is 71.5 Å². The molecule has 1 aliphatic carbocycles. The van der Waals surface area contributed by atoms with Gasteiger partial charge < -0.3 is 44.6 Å². The number of phosphoric acid groups is 2. The summed E-state index contributed by atoms with van der Waals surface area (Å²) in [6.07, 6.45) is 3.86. The van der Waals surface area contributed by atoms with Crippen molar-refractivity contribution in [3.8, 4) is 71.5 Å². The number of esters is 2. The highest BCUT2D eigenvalue weighted by Gasteiger charge is 2.54. The summed E-state index contributed by atoms with van der Waals surface area (Å²) in [7, 11) is -10.8. The monoisotopic (exact) mass is 824 g/mol. The summed E-state index contributed by atoms with van der Waals surface area (Å²) in [5.41, 5.74) is 0. The van der Waals surface area contributed by atoms with E-state index in [-0.39, 0.29) is 6.42 Å². The number of unbranched alkanes of at least 4 members (excludes halogenated alkanes) is 12. The van der Waals surface area contributed by atoms with Gasteiger partial charge in [0.1, 0.15) is 43.2 Å². The topological polar surface area (TPSA) is 256 Å². The van der Waals surface area contributed by atoms with Crippen LogP contribution in [0.5, 0.6) is 0 Å². The summed E-state index contributed by atoms with van der Waals surface area (Å²) in [6, 6.07) is 0. The SMILES string of the molecule is C#CC#CC#CC#CC#CC#CC(=O)OC[C@H](COP(=O)(O)OC1C(O)[C@H](OP(=O)(O)O)[C@H](O)C(O)[C@@H]1O)OC(=O)CCCCCCCCCCCCCCC. The van der Waals surface area contributed by atoms with Crippen LogP contribution in [0.3, 0.4) is 0 Å². The molecular weight excluding hydrogens is 774 g/mol. The number of ether oxygens (including phenoxy) is 2. The second kappa shape index (κ2) is 28.7. The molecule has 56 heavy (non-hydrogen) atoms. The molecule has 0 aromatic heterocycles. The Bertz CT molecular complexity index is 1690. The highest BCUT2D eigenvalue weighted by atomic mass is 31.2. The summed E-state index contributed by atoms with van der Waals surface area (Å²) in [5.74, 6) is 23.0. The van der Waals surface area contributed by atoms with Crippen LogP contribution in [0.25, 0.3) is 0 Å². The third-order valence-corrected chi connectivity index (χ3v) is 9.41. The number of aliphatic hydroxyl groups is 4. The molecule has 7 N–H and O–H groups in total. The number of carbonyl (C=O) groups is 2. The highest BCUT2D eigenvalue weighted by Crippen LogP contribution is 2.49. The lowest BCUT2D eigenvalue weighted by Crippen LogP contribution is -2.64. The van der Waals surface area contributed by atoms with Crippen molar-refractivity contribution in [2.75, 3.05) is 13.2 Å². The molecule has 0 bridgehead atoms. The number of phosphoric ester groups is 2. The Morgan fingerprint density at radius 3 is 1.59 bits per heavy atom. The molecule has 18 heteroatoms. The molecule has 1 fully saturated rings. The molecule has 1 rings (SSSR count). The van der Waals surface area contributed by atoms with Gasteiger partial charge in [0.05, 0.1) is 6.61 Å². The van der Waals surface area contributed by atoms with Crippen LogP contribution in [-0.2, 0) is 41.8 Å². The van der Waals surface area contributed by atoms with Crippen LogP contribution in [0.1, 0.15) is 96.8 Å². The van der Waals surface area contributed by atoms with Crippen LogP contribution in [-0.4, -0.2) is 103 Å². The fourth-order valence-corrected chi connectivity index (χ4v) is 6.68. The van der Waals surface area contributed by atoms with Crippen molar-refractivity contribution in [2.24, 2.45) is 0 Å². The summed E-state index contributed by atoms with van der Waals surface area (Å²) >= 11 is 0. The van der Waals surface area contributed by atoms with Crippen LogP contribution in [0.4, 0.5) is 0 Å². The van der Waals surface area contributed by atoms with Gasteiger partial charge in [0.25, 0.3) is 0 Å². The standard InChI is InChI=1S/C38H50O16P2/c1-3-5-7-9-11-13-15-16-17-19-21-23-25-27-32(40)52-30(28-50-31(39)26-24-22-20-18-14-12-10-8-6-4-2)29-51-56(48,49)54-38-35(43)33(41)34(42)37(36(38)44)53-55(45,46)47/h2,30,33-38,41-44H,3,5,7,9,11,13,15-17,19,21,23,25,27-29H2,1H3,(H,48,49)(H2,45,46,47)/t30-,33?,34-,35+,36?,37-,38?/m1/s1. The number of aliphatic hydroxyl groups excluding tert-OH is 4. The van der Waals surface area contributed by atoms with Crippen molar-refractivity contribution in [1.29, 1.82) is 0 Å². The van der Waals surface area contributed by atoms with E-state index in [9.17, 15) is 44.0 Å². The van der Waals surface area contributed by atoms with E-state index in [1.807, 2.05) is 5.92 Å². The predicted molar refractivity (Wildman–Crippen MR) is 200 cm³/mol. The maximum atomic E-state index is 12.8. The van der Waals surface area contributed by atoms with E-state index in [0.717, 1.165) is 32.1 Å². The van der Waals surface area contributed by atoms with Crippen molar-refractivity contribution in [2.45, 2.75) is 140 Å². The van der Waals surface area contributed by atoms with E-state index in [1.54, 1.807) is 0 Å². The van der Waals surface area contributed by atoms with Crippen molar-refractivity contribution >= 4 is 27.6 Å². The van der Waals surface area contributed by atoms with E-state index < -0.39 is 83.5 Å². The Hall–Kier alpha value is -3.64. The van der Waals surface area contributed by atoms with Crippen LogP contribution >= 0.6 is 15.6 Å². The fourth-order valence-electron chi connectivity index (χ4n) is 5.14. The lowest BCUT2D eigenvalue weighted by molar-refractivity contribution is -0.216. The van der Waals surface area contributed by atoms with Crippen molar-refractivity contribution in [1.82, 2.24) is 0 Å². The minimum atomic E-state index is -5.39. The maximum absolute atomic E-state index is 12.8. The van der Waals surface area contributed by atoms with E-state index >= 15 is 0 Å². The van der Waals surface area contributed by atoms with E-state index in [1.165, 1.54) is 44.9 Å². The van der Waals surface area contributed by atoms with Crippen molar-refractivity contribution in [3.05, 3.63) is 0 Å². The number of carbonyl (C=O) groups excluding carboxylic acids is 2. The van der Waals surface area contributed by atoms with Gasteiger partial charge in [-0.05, 0) is 65.6 Å². The molecule has 0 saturated heterocycles. The van der Waals surface area contributed by atoms with Gasteiger partial charge in [-0.1, -0.05) is 84.0 Å². The molecule has 0 aromatic carbocycles. The zero-order chi connectivity index (χ0) is 41.8. The maximum Gasteiger partial charge on any atom is 0.472 e. The molecule has 1 aliphatic rings. The Labute approximate surface area is 328 Å². The van der Waals surface area contributed by atoms with E-state index in [0.29, 0.717) is 6.42 Å². The molecule has 0 amide bonds. The first-order valence-electron chi connectivity index (χ1n) is 18.1. The Morgan fingerprint density at radius 2 is 1.09 bits per heavy atom. The quantitative estimate of drug-likeness (QED) is 0.0242. The molecule has 1 saturated carbocycles. The molecular formula is C38H50O16P2. The average Bonchev–Trinajstić information content (AvgIpc) is 3.14. The number of hydrogen-bond acceptors (Lipinski definition) is 13. The summed E-state index contributed by atoms with van der Waals surface area (Å²) in [6.45, 7) is 0.517. The molecule has 0 aromatic rings. The van der Waals surface area contributed by atoms with Crippen LogP contribution in [0.15, 0.2) is 0 Å². The first-order chi connectivity index (χ1) is 26.6. The summed E-state index contributed by atoms with van der Waals surface area (Å²) in [4.78, 5) is 53.4. The van der Waals surface area contributed by atoms with Crippen LogP contribution in [0.2, 0.25) is 0 Å². The third-order valence-electron chi connectivity index (χ3n) is 7.90. The van der Waals surface area contributed by atoms with Gasteiger partial charge in [-0.15, -0.1) is 6.42 Å². The minimum absolute atomic E-state index is 0.0333. The molecule has 8 atom stereocenters. The second-order valence-electron chi connectivity index (χ2n) is 12.5. The molecule has 0 radical (unpaired) electrons. The second-order valence-corrected chi connectivity index (χ2v) is 15.1.